The molecule has 1 saturated carbocycles. The van der Waals surface area contributed by atoms with Crippen LogP contribution in [0.2, 0.25) is 0 Å². The topological polar surface area (TPSA) is 46.6 Å². The molecule has 0 aromatic heterocycles. The first kappa shape index (κ1) is 18.1. The van der Waals surface area contributed by atoms with Crippen LogP contribution in [0.4, 0.5) is 10.1 Å². The van der Waals surface area contributed by atoms with Gasteiger partial charge in [0.2, 0.25) is 5.91 Å². The lowest BCUT2D eigenvalue weighted by Gasteiger charge is -2.23. The molecule has 4 nitrogen and oxygen atoms in total. The molecule has 1 aliphatic carbocycles. The zero-order valence-electron chi connectivity index (χ0n) is 14.9. The smallest absolute Gasteiger partial charge is 0.340 e. The zero-order valence-corrected chi connectivity index (χ0v) is 14.9. The minimum absolute atomic E-state index is 0.0152. The van der Waals surface area contributed by atoms with Gasteiger partial charge in [0.15, 0.2) is 0 Å². The maximum absolute atomic E-state index is 13.1. The molecule has 5 heteroatoms. The van der Waals surface area contributed by atoms with Crippen LogP contribution in [0.1, 0.15) is 42.1 Å². The number of hydrogen-bond donors (Lipinski definition) is 0. The number of amides is 1. The number of esters is 1. The van der Waals surface area contributed by atoms with Gasteiger partial charge in [-0.1, -0.05) is 24.3 Å². The summed E-state index contributed by atoms with van der Waals surface area (Å²) < 4.78 is 18.2. The third-order valence-corrected chi connectivity index (χ3v) is 4.68. The van der Waals surface area contributed by atoms with Crippen LogP contribution in [0.3, 0.4) is 0 Å². The third-order valence-electron chi connectivity index (χ3n) is 4.68. The second-order valence-corrected chi connectivity index (χ2v) is 6.32. The summed E-state index contributed by atoms with van der Waals surface area (Å²) in [6.45, 7) is 4.38. The van der Waals surface area contributed by atoms with Crippen LogP contribution in [0.15, 0.2) is 48.5 Å². The van der Waals surface area contributed by atoms with E-state index in [9.17, 15) is 14.0 Å². The molecule has 0 spiro atoms. The van der Waals surface area contributed by atoms with Gasteiger partial charge in [0, 0.05) is 12.5 Å². The maximum Gasteiger partial charge on any atom is 0.340 e. The number of anilines is 1. The quantitative estimate of drug-likeness (QED) is 0.731. The van der Waals surface area contributed by atoms with Crippen LogP contribution in [0, 0.1) is 11.7 Å². The summed E-state index contributed by atoms with van der Waals surface area (Å²) in [5.41, 5.74) is 1.94. The Bertz CT molecular complexity index is 803. The average Bonchev–Trinajstić information content (AvgIpc) is 3.44. The van der Waals surface area contributed by atoms with Crippen LogP contribution < -0.4 is 4.90 Å². The maximum atomic E-state index is 13.1. The lowest BCUT2D eigenvalue weighted by Crippen LogP contribution is -2.33. The number of rotatable bonds is 6. The SMILES string of the molecule is CCOC(=O)c1ccccc1N(CC)C(=O)C1CC1c1ccc(F)cc1. The minimum atomic E-state index is -0.430. The summed E-state index contributed by atoms with van der Waals surface area (Å²) >= 11 is 0. The van der Waals surface area contributed by atoms with E-state index in [1.165, 1.54) is 12.1 Å². The first-order valence-electron chi connectivity index (χ1n) is 8.89. The van der Waals surface area contributed by atoms with Crippen molar-refractivity contribution in [3.63, 3.8) is 0 Å². The fourth-order valence-electron chi connectivity index (χ4n) is 3.28. The number of carbonyl (C=O) groups excluding carboxylic acids is 2. The summed E-state index contributed by atoms with van der Waals surface area (Å²) in [5, 5.41) is 0. The lowest BCUT2D eigenvalue weighted by molar-refractivity contribution is -0.119. The van der Waals surface area contributed by atoms with Crippen molar-refractivity contribution in [2.45, 2.75) is 26.2 Å². The molecule has 0 aliphatic heterocycles. The molecule has 1 fully saturated rings. The van der Waals surface area contributed by atoms with Crippen LogP contribution >= 0.6 is 0 Å². The number of hydrogen-bond acceptors (Lipinski definition) is 3. The van der Waals surface area contributed by atoms with E-state index in [4.69, 9.17) is 4.74 Å². The molecular formula is C21H22FNO3. The predicted octanol–water partition coefficient (Wildman–Crippen LogP) is 4.16. The van der Waals surface area contributed by atoms with E-state index < -0.39 is 5.97 Å². The summed E-state index contributed by atoms with van der Waals surface area (Å²) in [6.07, 6.45) is 0.739. The van der Waals surface area contributed by atoms with E-state index in [-0.39, 0.29) is 30.2 Å². The van der Waals surface area contributed by atoms with Crippen LogP contribution in [-0.2, 0) is 9.53 Å². The number of benzene rings is 2. The Morgan fingerprint density at radius 1 is 1.12 bits per heavy atom. The summed E-state index contributed by atoms with van der Waals surface area (Å²) in [7, 11) is 0. The number of nitrogens with zero attached hydrogens (tertiary/aromatic N) is 1. The Kier molecular flexibility index (Phi) is 5.35. The minimum Gasteiger partial charge on any atom is -0.462 e. The molecule has 26 heavy (non-hydrogen) atoms. The zero-order chi connectivity index (χ0) is 18.7. The van der Waals surface area contributed by atoms with Gasteiger partial charge in [0.05, 0.1) is 17.9 Å². The fourth-order valence-corrected chi connectivity index (χ4v) is 3.28. The molecule has 1 amide bonds. The Balaban J connectivity index is 1.81. The number of carbonyl (C=O) groups is 2. The second-order valence-electron chi connectivity index (χ2n) is 6.32. The standard InChI is InChI=1S/C21H22FNO3/c1-3-23(19-8-6-5-7-16(19)21(25)26-4-2)20(24)18-13-17(18)14-9-11-15(22)12-10-14/h5-12,17-18H,3-4,13H2,1-2H3. The monoisotopic (exact) mass is 355 g/mol. The molecule has 0 bridgehead atoms. The molecule has 2 atom stereocenters. The van der Waals surface area contributed by atoms with Crippen molar-refractivity contribution < 1.29 is 18.7 Å². The van der Waals surface area contributed by atoms with Crippen LogP contribution in [-0.4, -0.2) is 25.0 Å². The summed E-state index contributed by atoms with van der Waals surface area (Å²) in [5.74, 6) is -0.766. The Labute approximate surface area is 152 Å². The van der Waals surface area contributed by atoms with Gasteiger partial charge in [0.25, 0.3) is 0 Å². The molecule has 0 radical (unpaired) electrons. The van der Waals surface area contributed by atoms with Gasteiger partial charge in [-0.3, -0.25) is 4.79 Å². The van der Waals surface area contributed by atoms with E-state index in [0.717, 1.165) is 12.0 Å². The summed E-state index contributed by atoms with van der Waals surface area (Å²) in [4.78, 5) is 26.9. The van der Waals surface area contributed by atoms with Gasteiger partial charge in [-0.15, -0.1) is 0 Å². The molecule has 0 heterocycles. The number of para-hydroxylation sites is 1. The first-order valence-corrected chi connectivity index (χ1v) is 8.89. The van der Waals surface area contributed by atoms with Gasteiger partial charge in [-0.05, 0) is 56.0 Å². The van der Waals surface area contributed by atoms with Crippen LogP contribution in [0.25, 0.3) is 0 Å². The third kappa shape index (κ3) is 3.62. The molecule has 0 N–H and O–H groups in total. The van der Waals surface area contributed by atoms with Gasteiger partial charge >= 0.3 is 5.97 Å². The Morgan fingerprint density at radius 3 is 2.46 bits per heavy atom. The average molecular weight is 355 g/mol. The highest BCUT2D eigenvalue weighted by molar-refractivity contribution is 6.04. The molecular weight excluding hydrogens is 333 g/mol. The Morgan fingerprint density at radius 2 is 1.81 bits per heavy atom. The van der Waals surface area contributed by atoms with Crippen molar-refractivity contribution in [2.75, 3.05) is 18.1 Å². The molecule has 136 valence electrons. The molecule has 2 unspecified atom stereocenters. The van der Waals surface area contributed by atoms with E-state index in [0.29, 0.717) is 17.8 Å². The van der Waals surface area contributed by atoms with Crippen molar-refractivity contribution in [3.8, 4) is 0 Å². The highest BCUT2D eigenvalue weighted by Crippen LogP contribution is 2.49. The molecule has 2 aromatic rings. The highest BCUT2D eigenvalue weighted by Gasteiger charge is 2.46. The van der Waals surface area contributed by atoms with E-state index >= 15 is 0 Å². The Hall–Kier alpha value is -2.69. The molecule has 3 rings (SSSR count). The highest BCUT2D eigenvalue weighted by atomic mass is 19.1. The molecule has 0 saturated heterocycles. The van der Waals surface area contributed by atoms with Crippen molar-refractivity contribution in [1.29, 1.82) is 0 Å². The molecule has 2 aromatic carbocycles. The van der Waals surface area contributed by atoms with E-state index in [2.05, 4.69) is 0 Å². The van der Waals surface area contributed by atoms with E-state index in [1.54, 1.807) is 48.2 Å². The van der Waals surface area contributed by atoms with Crippen molar-refractivity contribution in [2.24, 2.45) is 5.92 Å². The van der Waals surface area contributed by atoms with Gasteiger partial charge in [-0.25, -0.2) is 9.18 Å². The van der Waals surface area contributed by atoms with Crippen molar-refractivity contribution in [3.05, 3.63) is 65.5 Å². The summed E-state index contributed by atoms with van der Waals surface area (Å²) in [6, 6.07) is 13.3. The largest absolute Gasteiger partial charge is 0.462 e. The van der Waals surface area contributed by atoms with Gasteiger partial charge < -0.3 is 9.64 Å². The normalized spacial score (nSPS) is 18.3. The van der Waals surface area contributed by atoms with E-state index in [1.807, 2.05) is 6.92 Å². The second kappa shape index (κ2) is 7.68. The van der Waals surface area contributed by atoms with Gasteiger partial charge in [0.1, 0.15) is 5.82 Å². The van der Waals surface area contributed by atoms with Crippen LogP contribution in [0.5, 0.6) is 0 Å². The lowest BCUT2D eigenvalue weighted by atomic mass is 10.1. The van der Waals surface area contributed by atoms with Crippen molar-refractivity contribution >= 4 is 17.6 Å². The molecule has 1 aliphatic rings. The fraction of sp³-hybridized carbons (Fsp3) is 0.333. The number of ether oxygens (including phenoxy) is 1. The number of halogens is 1. The van der Waals surface area contributed by atoms with Gasteiger partial charge in [-0.2, -0.15) is 0 Å². The van der Waals surface area contributed by atoms with Crippen molar-refractivity contribution in [1.82, 2.24) is 0 Å². The predicted molar refractivity (Wildman–Crippen MR) is 97.7 cm³/mol. The first-order chi connectivity index (χ1) is 12.6.